The molecule has 1 aliphatic rings. The Bertz CT molecular complexity index is 1470. The molecule has 0 unspecified atom stereocenters. The van der Waals surface area contributed by atoms with E-state index in [-0.39, 0.29) is 33.7 Å². The summed E-state index contributed by atoms with van der Waals surface area (Å²) in [6.45, 7) is 4.16. The Hall–Kier alpha value is -4.12. The van der Waals surface area contributed by atoms with E-state index in [9.17, 15) is 14.0 Å². The fraction of sp³-hybridized carbons (Fsp3) is 0.214. The number of hydrogen-bond acceptors (Lipinski definition) is 6. The van der Waals surface area contributed by atoms with Gasteiger partial charge in [0.25, 0.3) is 11.8 Å². The van der Waals surface area contributed by atoms with Gasteiger partial charge in [0.15, 0.2) is 5.69 Å². The summed E-state index contributed by atoms with van der Waals surface area (Å²) in [5.41, 5.74) is 1.42. The summed E-state index contributed by atoms with van der Waals surface area (Å²) >= 11 is 6.34. The normalized spacial score (nSPS) is 13.7. The Morgan fingerprint density at radius 1 is 1.00 bits per heavy atom. The lowest BCUT2D eigenvalue weighted by atomic mass is 10.1. The van der Waals surface area contributed by atoms with Gasteiger partial charge in [0, 0.05) is 44.0 Å². The fourth-order valence-electron chi connectivity index (χ4n) is 4.22. The first-order chi connectivity index (χ1) is 19.0. The second-order valence-electron chi connectivity index (χ2n) is 8.85. The van der Waals surface area contributed by atoms with Crippen molar-refractivity contribution in [3.63, 3.8) is 0 Å². The highest BCUT2D eigenvalue weighted by Crippen LogP contribution is 2.27. The molecule has 4 aromatic rings. The molecule has 2 aromatic heterocycles. The number of halogens is 2. The van der Waals surface area contributed by atoms with Crippen LogP contribution in [-0.2, 0) is 4.74 Å². The van der Waals surface area contributed by atoms with Gasteiger partial charge >= 0.3 is 0 Å². The number of rotatable bonds is 8. The molecule has 0 aliphatic carbocycles. The Balaban J connectivity index is 1.37. The van der Waals surface area contributed by atoms with E-state index in [4.69, 9.17) is 16.3 Å². The Labute approximate surface area is 229 Å². The van der Waals surface area contributed by atoms with Gasteiger partial charge in [0.2, 0.25) is 0 Å². The van der Waals surface area contributed by atoms with E-state index in [1.807, 2.05) is 18.2 Å². The first-order valence-corrected chi connectivity index (χ1v) is 12.8. The number of morpholine rings is 1. The number of aromatic nitrogens is 3. The molecule has 0 atom stereocenters. The number of amides is 2. The quantitative estimate of drug-likeness (QED) is 0.345. The van der Waals surface area contributed by atoms with E-state index in [0.29, 0.717) is 37.6 Å². The molecular weight excluding hydrogens is 523 g/mol. The predicted molar refractivity (Wildman–Crippen MR) is 146 cm³/mol. The van der Waals surface area contributed by atoms with Crippen molar-refractivity contribution in [1.29, 1.82) is 0 Å². The van der Waals surface area contributed by atoms with E-state index in [1.165, 1.54) is 41.2 Å². The number of nitrogens with one attached hydrogen (secondary N) is 2. The minimum Gasteiger partial charge on any atom is -0.379 e. The summed E-state index contributed by atoms with van der Waals surface area (Å²) in [6.07, 6.45) is 1.47. The largest absolute Gasteiger partial charge is 0.379 e. The van der Waals surface area contributed by atoms with Crippen LogP contribution in [-0.4, -0.2) is 70.9 Å². The third kappa shape index (κ3) is 6.31. The van der Waals surface area contributed by atoms with Crippen molar-refractivity contribution in [1.82, 2.24) is 25.0 Å². The molecule has 0 bridgehead atoms. The van der Waals surface area contributed by atoms with Crippen molar-refractivity contribution in [3.8, 4) is 16.9 Å². The Kier molecular flexibility index (Phi) is 8.26. The number of carbonyl (C=O) groups is 2. The van der Waals surface area contributed by atoms with Crippen LogP contribution in [0.3, 0.4) is 0 Å². The number of carbonyl (C=O) groups excluding carboxylic acids is 2. The molecule has 200 valence electrons. The number of hydrogen-bond donors (Lipinski definition) is 2. The maximum Gasteiger partial charge on any atom is 0.271 e. The van der Waals surface area contributed by atoms with Crippen LogP contribution in [0.15, 0.2) is 72.9 Å². The molecule has 39 heavy (non-hydrogen) atoms. The summed E-state index contributed by atoms with van der Waals surface area (Å²) in [5.74, 6) is -1.15. The van der Waals surface area contributed by atoms with Gasteiger partial charge in [0.05, 0.1) is 29.5 Å². The van der Waals surface area contributed by atoms with Crippen LogP contribution < -0.4 is 10.6 Å². The van der Waals surface area contributed by atoms with Crippen molar-refractivity contribution in [2.75, 3.05) is 44.7 Å². The van der Waals surface area contributed by atoms with Crippen molar-refractivity contribution in [2.45, 2.75) is 0 Å². The van der Waals surface area contributed by atoms with Crippen LogP contribution in [0.5, 0.6) is 0 Å². The highest BCUT2D eigenvalue weighted by atomic mass is 35.5. The zero-order chi connectivity index (χ0) is 27.2. The molecule has 1 aliphatic heterocycles. The molecule has 3 heterocycles. The van der Waals surface area contributed by atoms with Gasteiger partial charge in [-0.05, 0) is 36.4 Å². The van der Waals surface area contributed by atoms with Crippen molar-refractivity contribution in [2.24, 2.45) is 0 Å². The first-order valence-electron chi connectivity index (χ1n) is 12.4. The van der Waals surface area contributed by atoms with Gasteiger partial charge in [-0.3, -0.25) is 19.5 Å². The molecule has 5 rings (SSSR count). The van der Waals surface area contributed by atoms with E-state index in [0.717, 1.165) is 13.1 Å². The molecule has 9 nitrogen and oxygen atoms in total. The lowest BCUT2D eigenvalue weighted by Crippen LogP contribution is -2.41. The SMILES string of the molecule is O=C(NCCN1CCOCC1)c1cc(NC(=O)c2cc(-c3ncccc3F)ccc2Cl)n(-c2ccccc2)n1. The molecule has 0 spiro atoms. The van der Waals surface area contributed by atoms with Crippen molar-refractivity contribution in [3.05, 3.63) is 95.0 Å². The minimum absolute atomic E-state index is 0.105. The van der Waals surface area contributed by atoms with Crippen LogP contribution in [0.1, 0.15) is 20.8 Å². The lowest BCUT2D eigenvalue weighted by Gasteiger charge is -2.26. The monoisotopic (exact) mass is 548 g/mol. The van der Waals surface area contributed by atoms with Crippen LogP contribution >= 0.6 is 11.6 Å². The summed E-state index contributed by atoms with van der Waals surface area (Å²) in [5, 5.41) is 10.3. The summed E-state index contributed by atoms with van der Waals surface area (Å²) in [6, 6.07) is 18.0. The third-order valence-corrected chi connectivity index (χ3v) is 6.57. The third-order valence-electron chi connectivity index (χ3n) is 6.24. The number of para-hydroxylation sites is 1. The first kappa shape index (κ1) is 26.5. The Morgan fingerprint density at radius 3 is 2.56 bits per heavy atom. The van der Waals surface area contributed by atoms with Crippen LogP contribution in [0, 0.1) is 5.82 Å². The smallest absolute Gasteiger partial charge is 0.271 e. The van der Waals surface area contributed by atoms with Gasteiger partial charge in [-0.2, -0.15) is 5.10 Å². The molecule has 1 saturated heterocycles. The topological polar surface area (TPSA) is 101 Å². The lowest BCUT2D eigenvalue weighted by molar-refractivity contribution is 0.0383. The van der Waals surface area contributed by atoms with Gasteiger partial charge in [-0.1, -0.05) is 35.9 Å². The minimum atomic E-state index is -0.547. The van der Waals surface area contributed by atoms with E-state index in [2.05, 4.69) is 25.6 Å². The molecular formula is C28H26ClFN6O3. The molecule has 1 fully saturated rings. The highest BCUT2D eigenvalue weighted by Gasteiger charge is 2.20. The van der Waals surface area contributed by atoms with Gasteiger partial charge in [-0.15, -0.1) is 0 Å². The Morgan fingerprint density at radius 2 is 1.79 bits per heavy atom. The summed E-state index contributed by atoms with van der Waals surface area (Å²) < 4.78 is 21.1. The van der Waals surface area contributed by atoms with E-state index in [1.54, 1.807) is 18.2 Å². The van der Waals surface area contributed by atoms with Crippen LogP contribution in [0.2, 0.25) is 5.02 Å². The molecule has 2 N–H and O–H groups in total. The maximum absolute atomic E-state index is 14.3. The number of benzene rings is 2. The summed E-state index contributed by atoms with van der Waals surface area (Å²) in [7, 11) is 0. The summed E-state index contributed by atoms with van der Waals surface area (Å²) in [4.78, 5) is 32.6. The van der Waals surface area contributed by atoms with Gasteiger partial charge < -0.3 is 15.4 Å². The molecule has 0 radical (unpaired) electrons. The number of anilines is 1. The average Bonchev–Trinajstić information content (AvgIpc) is 3.38. The molecule has 11 heteroatoms. The van der Waals surface area contributed by atoms with E-state index < -0.39 is 11.7 Å². The van der Waals surface area contributed by atoms with Crippen molar-refractivity contribution < 1.29 is 18.7 Å². The predicted octanol–water partition coefficient (Wildman–Crippen LogP) is 4.04. The fourth-order valence-corrected chi connectivity index (χ4v) is 4.42. The van der Waals surface area contributed by atoms with Crippen LogP contribution in [0.25, 0.3) is 16.9 Å². The molecule has 2 amide bonds. The standard InChI is InChI=1S/C28H26ClFN6O3/c29-22-9-8-19(26-23(30)7-4-10-31-26)17-21(22)27(37)33-25-18-24(34-36(25)20-5-2-1-3-6-20)28(38)32-11-12-35-13-15-39-16-14-35/h1-10,17-18H,11-16H2,(H,32,38)(H,33,37). The van der Waals surface area contributed by atoms with Crippen LogP contribution in [0.4, 0.5) is 10.2 Å². The number of ether oxygens (including phenoxy) is 1. The zero-order valence-corrected chi connectivity index (χ0v) is 21.7. The average molecular weight is 549 g/mol. The molecule has 0 saturated carbocycles. The zero-order valence-electron chi connectivity index (χ0n) is 20.9. The maximum atomic E-state index is 14.3. The van der Waals surface area contributed by atoms with Gasteiger partial charge in [-0.25, -0.2) is 9.07 Å². The van der Waals surface area contributed by atoms with E-state index >= 15 is 0 Å². The van der Waals surface area contributed by atoms with Crippen molar-refractivity contribution >= 4 is 29.2 Å². The second kappa shape index (κ2) is 12.2. The number of nitrogens with zero attached hydrogens (tertiary/aromatic N) is 4. The highest BCUT2D eigenvalue weighted by molar-refractivity contribution is 6.34. The second-order valence-corrected chi connectivity index (χ2v) is 9.26. The number of pyridine rings is 1. The molecule has 2 aromatic carbocycles. The van der Waals surface area contributed by atoms with Gasteiger partial charge in [0.1, 0.15) is 17.3 Å².